The molecule has 0 spiro atoms. The molecule has 0 unspecified atom stereocenters. The van der Waals surface area contributed by atoms with E-state index in [0.29, 0.717) is 32.7 Å². The van der Waals surface area contributed by atoms with Crippen molar-refractivity contribution in [1.82, 2.24) is 20.2 Å². The van der Waals surface area contributed by atoms with Gasteiger partial charge in [0.25, 0.3) is 5.91 Å². The fourth-order valence-corrected chi connectivity index (χ4v) is 4.07. The third-order valence-electron chi connectivity index (χ3n) is 4.91. The lowest BCUT2D eigenvalue weighted by Gasteiger charge is -2.44. The Morgan fingerprint density at radius 1 is 1.45 bits per heavy atom. The zero-order valence-electron chi connectivity index (χ0n) is 12.1. The number of imidazole rings is 1. The van der Waals surface area contributed by atoms with Crippen LogP contribution in [0.5, 0.6) is 0 Å². The summed E-state index contributed by atoms with van der Waals surface area (Å²) in [5.74, 6) is 0.525. The molecule has 3 aliphatic heterocycles. The number of hydrogen-bond donors (Lipinski definition) is 3. The molecule has 2 bridgehead atoms. The molecule has 3 fully saturated rings. The smallest absolute Gasteiger partial charge is 0.253 e. The van der Waals surface area contributed by atoms with E-state index in [1.54, 1.807) is 12.4 Å². The average molecular weight is 364 g/mol. The van der Waals surface area contributed by atoms with Gasteiger partial charge < -0.3 is 20.9 Å². The predicted octanol–water partition coefficient (Wildman–Crippen LogP) is 1.73. The van der Waals surface area contributed by atoms with Crippen molar-refractivity contribution in [3.8, 4) is 0 Å². The molecule has 22 heavy (non-hydrogen) atoms. The van der Waals surface area contributed by atoms with E-state index in [1.165, 1.54) is 12.8 Å². The van der Waals surface area contributed by atoms with Crippen LogP contribution in [0, 0.1) is 5.92 Å². The minimum absolute atomic E-state index is 0.0726. The van der Waals surface area contributed by atoms with Crippen LogP contribution in [0.4, 0.5) is 5.69 Å². The van der Waals surface area contributed by atoms with Crippen LogP contribution in [0.1, 0.15) is 23.2 Å². The van der Waals surface area contributed by atoms with Crippen molar-refractivity contribution < 1.29 is 4.79 Å². The molecule has 4 N–H and O–H groups in total. The van der Waals surface area contributed by atoms with Crippen molar-refractivity contribution in [3.63, 3.8) is 0 Å². The molecule has 2 aromatic rings. The van der Waals surface area contributed by atoms with Crippen LogP contribution in [-0.4, -0.2) is 46.5 Å². The molecule has 7 heteroatoms. The minimum atomic E-state index is -0.0726. The van der Waals surface area contributed by atoms with Gasteiger partial charge in [-0.2, -0.15) is 0 Å². The van der Waals surface area contributed by atoms with Gasteiger partial charge in [-0.05, 0) is 53.8 Å². The van der Waals surface area contributed by atoms with Gasteiger partial charge in [-0.15, -0.1) is 0 Å². The summed E-state index contributed by atoms with van der Waals surface area (Å²) in [6.45, 7) is 3.28. The number of carbonyl (C=O) groups excluding carboxylic acids is 1. The Morgan fingerprint density at radius 2 is 2.23 bits per heavy atom. The first-order chi connectivity index (χ1) is 10.6. The monoisotopic (exact) mass is 363 g/mol. The van der Waals surface area contributed by atoms with Crippen molar-refractivity contribution in [1.29, 1.82) is 0 Å². The van der Waals surface area contributed by atoms with Gasteiger partial charge >= 0.3 is 0 Å². The van der Waals surface area contributed by atoms with E-state index in [9.17, 15) is 4.79 Å². The third-order valence-corrected chi connectivity index (χ3v) is 5.57. The first kappa shape index (κ1) is 14.0. The lowest BCUT2D eigenvalue weighted by molar-refractivity contribution is 0.0621. The van der Waals surface area contributed by atoms with E-state index in [1.807, 2.05) is 0 Å². The molecular formula is C15H18BrN5O. The first-order valence-corrected chi connectivity index (χ1v) is 8.37. The zero-order valence-corrected chi connectivity index (χ0v) is 13.7. The molecule has 1 atom stereocenters. The highest BCUT2D eigenvalue weighted by Crippen LogP contribution is 2.31. The van der Waals surface area contributed by atoms with Gasteiger partial charge in [-0.1, -0.05) is 0 Å². The van der Waals surface area contributed by atoms with Gasteiger partial charge in [0.05, 0.1) is 23.1 Å². The van der Waals surface area contributed by atoms with Gasteiger partial charge in [-0.3, -0.25) is 4.79 Å². The number of aromatic amines is 1. The molecular weight excluding hydrogens is 346 g/mol. The van der Waals surface area contributed by atoms with Crippen LogP contribution < -0.4 is 11.1 Å². The second kappa shape index (κ2) is 5.24. The number of fused-ring (bicyclic) bond motifs is 4. The molecule has 0 aliphatic carbocycles. The molecule has 0 saturated carbocycles. The first-order valence-electron chi connectivity index (χ1n) is 7.58. The number of benzene rings is 1. The normalized spacial score (nSPS) is 27.2. The number of aromatic nitrogens is 2. The Bertz CT molecular complexity index is 735. The van der Waals surface area contributed by atoms with Gasteiger partial charge in [-0.25, -0.2) is 4.98 Å². The Labute approximate surface area is 136 Å². The van der Waals surface area contributed by atoms with Crippen molar-refractivity contribution in [2.24, 2.45) is 5.92 Å². The van der Waals surface area contributed by atoms with E-state index in [2.05, 4.69) is 36.1 Å². The summed E-state index contributed by atoms with van der Waals surface area (Å²) >= 11 is 3.42. The number of halogens is 1. The van der Waals surface area contributed by atoms with Crippen molar-refractivity contribution in [2.75, 3.05) is 25.4 Å². The number of rotatable bonds is 2. The molecule has 0 radical (unpaired) electrons. The number of nitrogens with two attached hydrogens (primary N) is 1. The van der Waals surface area contributed by atoms with Gasteiger partial charge in [0, 0.05) is 17.1 Å². The Kier molecular flexibility index (Phi) is 3.34. The van der Waals surface area contributed by atoms with Crippen LogP contribution in [-0.2, 0) is 0 Å². The summed E-state index contributed by atoms with van der Waals surface area (Å²) in [5.41, 5.74) is 8.48. The second-order valence-electron chi connectivity index (χ2n) is 6.16. The van der Waals surface area contributed by atoms with Crippen LogP contribution in [0.15, 0.2) is 16.9 Å². The van der Waals surface area contributed by atoms with E-state index in [0.717, 1.165) is 19.6 Å². The number of nitrogens with one attached hydrogen (secondary N) is 2. The fourth-order valence-electron chi connectivity index (χ4n) is 3.64. The maximum Gasteiger partial charge on any atom is 0.253 e. The van der Waals surface area contributed by atoms with E-state index in [4.69, 9.17) is 5.73 Å². The molecule has 3 saturated heterocycles. The number of nitrogens with zero attached hydrogens (tertiary/aromatic N) is 2. The van der Waals surface area contributed by atoms with E-state index >= 15 is 0 Å². The second-order valence-corrected chi connectivity index (χ2v) is 7.02. The largest absolute Gasteiger partial charge is 0.396 e. The summed E-state index contributed by atoms with van der Waals surface area (Å²) in [6, 6.07) is 2.00. The van der Waals surface area contributed by atoms with Crippen LogP contribution in [0.3, 0.4) is 0 Å². The fraction of sp³-hybridized carbons (Fsp3) is 0.467. The molecule has 3 aliphatic rings. The van der Waals surface area contributed by atoms with Gasteiger partial charge in [0.1, 0.15) is 5.52 Å². The Hall–Kier alpha value is -1.60. The number of anilines is 1. The number of H-pyrrole nitrogens is 1. The Balaban J connectivity index is 1.63. The number of hydrogen-bond acceptors (Lipinski definition) is 4. The molecule has 1 aromatic heterocycles. The highest BCUT2D eigenvalue weighted by molar-refractivity contribution is 9.10. The van der Waals surface area contributed by atoms with Crippen molar-refractivity contribution in [2.45, 2.75) is 18.9 Å². The van der Waals surface area contributed by atoms with Gasteiger partial charge in [0.15, 0.2) is 0 Å². The van der Waals surface area contributed by atoms with Crippen molar-refractivity contribution in [3.05, 3.63) is 22.4 Å². The van der Waals surface area contributed by atoms with Crippen LogP contribution in [0.2, 0.25) is 0 Å². The molecule has 5 rings (SSSR count). The lowest BCUT2D eigenvalue weighted by atomic mass is 9.84. The quantitative estimate of drug-likeness (QED) is 0.709. The maximum atomic E-state index is 12.7. The summed E-state index contributed by atoms with van der Waals surface area (Å²) in [7, 11) is 0. The summed E-state index contributed by atoms with van der Waals surface area (Å²) in [5, 5.41) is 3.20. The standard InChI is InChI=1S/C15H18BrN5O/c16-10-5-9(13-14(12(10)17)19-7-18-13)15(22)20-11-6-21-3-1-8(11)2-4-21/h5,7-8,11H,1-4,6,17H2,(H,18,19)(H,20,22)/t11-/m0/s1. The third kappa shape index (κ3) is 2.19. The molecule has 4 heterocycles. The number of carbonyl (C=O) groups is 1. The van der Waals surface area contributed by atoms with E-state index < -0.39 is 0 Å². The van der Waals surface area contributed by atoms with Crippen LogP contribution >= 0.6 is 15.9 Å². The number of amides is 1. The molecule has 116 valence electrons. The lowest BCUT2D eigenvalue weighted by Crippen LogP contribution is -2.57. The summed E-state index contributed by atoms with van der Waals surface area (Å²) in [4.78, 5) is 22.4. The van der Waals surface area contributed by atoms with Crippen molar-refractivity contribution >= 4 is 38.6 Å². The Morgan fingerprint density at radius 3 is 2.91 bits per heavy atom. The number of piperidine rings is 3. The molecule has 6 nitrogen and oxygen atoms in total. The van der Waals surface area contributed by atoms with E-state index in [-0.39, 0.29) is 11.9 Å². The summed E-state index contributed by atoms with van der Waals surface area (Å²) < 4.78 is 0.711. The highest BCUT2D eigenvalue weighted by Gasteiger charge is 2.35. The SMILES string of the molecule is Nc1c(Br)cc(C(=O)N[C@H]2CN3CCC2CC3)c2nc[nH]c12. The summed E-state index contributed by atoms with van der Waals surface area (Å²) in [6.07, 6.45) is 3.92. The zero-order chi connectivity index (χ0) is 15.3. The minimum Gasteiger partial charge on any atom is -0.396 e. The highest BCUT2D eigenvalue weighted by atomic mass is 79.9. The van der Waals surface area contributed by atoms with Gasteiger partial charge in [0.2, 0.25) is 0 Å². The average Bonchev–Trinajstić information content (AvgIpc) is 3.02. The topological polar surface area (TPSA) is 87.0 Å². The predicted molar refractivity (Wildman–Crippen MR) is 88.6 cm³/mol. The molecule has 1 aromatic carbocycles. The molecule has 1 amide bonds. The maximum absolute atomic E-state index is 12.7. The van der Waals surface area contributed by atoms with Crippen LogP contribution in [0.25, 0.3) is 11.0 Å². The number of nitrogen functional groups attached to an aromatic ring is 1.